The van der Waals surface area contributed by atoms with Gasteiger partial charge in [0.1, 0.15) is 33.5 Å². The highest BCUT2D eigenvalue weighted by Crippen LogP contribution is 2.48. The maximum atomic E-state index is 6.24. The Morgan fingerprint density at radius 2 is 0.471 bits per heavy atom. The van der Waals surface area contributed by atoms with E-state index >= 15 is 0 Å². The van der Waals surface area contributed by atoms with Crippen molar-refractivity contribution >= 4 is 185 Å². The SMILES string of the molecule is c1ccc(-c2cc(-c3ccccc3)cc(-c3cccc(-n4c5ccccc5c5cc(-c6ccc7oc8ccccc8c7c6)ccc54)c3)c2)cc1.c1ccc2c(c1)cc(-c1ccc(-n3c4ccccc4c4ccc(-c5ccc6c(c5)oc5ccccc56)cc43)cc1)c1ccccc12.c1ccc2c(c1)oc1ccc(-c3cccc4c3c3ccccc3n4-c3ccc4c5ccccc5c5ccccc5c4c3)cc12. The number of aromatic nitrogens is 3. The second-order valence-corrected chi connectivity index (χ2v) is 36.8. The van der Waals surface area contributed by atoms with Crippen molar-refractivity contribution in [3.63, 3.8) is 0 Å². The summed E-state index contributed by atoms with van der Waals surface area (Å²) in [5.74, 6) is 0. The molecule has 0 N–H and O–H groups in total. The quantitative estimate of drug-likeness (QED) is 0.128. The summed E-state index contributed by atoms with van der Waals surface area (Å²) in [5, 5.41) is 27.2. The lowest BCUT2D eigenvalue weighted by Crippen LogP contribution is -1.94. The van der Waals surface area contributed by atoms with Gasteiger partial charge in [-0.3, -0.25) is 0 Å². The zero-order chi connectivity index (χ0) is 92.0. The fraction of sp³-hybridized carbons (Fsp3) is 0. The van der Waals surface area contributed by atoms with Crippen LogP contribution >= 0.6 is 0 Å². The number of fused-ring (bicyclic) bond motifs is 27. The van der Waals surface area contributed by atoms with Gasteiger partial charge in [0.25, 0.3) is 0 Å². The molecule has 30 rings (SSSR count). The molecule has 0 unspecified atom stereocenters. The Morgan fingerprint density at radius 3 is 1.10 bits per heavy atom. The van der Waals surface area contributed by atoms with Gasteiger partial charge in [0, 0.05) is 81.7 Å². The second kappa shape index (κ2) is 32.6. The van der Waals surface area contributed by atoms with Crippen LogP contribution in [0.2, 0.25) is 0 Å². The van der Waals surface area contributed by atoms with Crippen LogP contribution in [-0.2, 0) is 0 Å². The second-order valence-electron chi connectivity index (χ2n) is 36.8. The third-order valence-corrected chi connectivity index (χ3v) is 28.9. The van der Waals surface area contributed by atoms with Gasteiger partial charge in [-0.05, 0) is 289 Å². The van der Waals surface area contributed by atoms with Gasteiger partial charge in [-0.25, -0.2) is 0 Å². The van der Waals surface area contributed by atoms with Gasteiger partial charge in [0.05, 0.1) is 33.1 Å². The van der Waals surface area contributed by atoms with Crippen LogP contribution < -0.4 is 0 Å². The lowest BCUT2D eigenvalue weighted by molar-refractivity contribution is 0.668. The van der Waals surface area contributed by atoms with Crippen LogP contribution in [0.15, 0.2) is 517 Å². The minimum absolute atomic E-state index is 0.913. The first kappa shape index (κ1) is 79.9. The molecule has 6 aromatic heterocycles. The first-order chi connectivity index (χ1) is 69.4. The molecular weight excluding hydrogens is 1700 g/mol. The van der Waals surface area contributed by atoms with E-state index < -0.39 is 0 Å². The third-order valence-electron chi connectivity index (χ3n) is 28.9. The molecule has 0 spiro atoms. The van der Waals surface area contributed by atoms with Gasteiger partial charge in [-0.1, -0.05) is 346 Å². The van der Waals surface area contributed by atoms with Crippen LogP contribution in [0.4, 0.5) is 0 Å². The number of hydrogen-bond donors (Lipinski definition) is 0. The van der Waals surface area contributed by atoms with Crippen LogP contribution in [0.1, 0.15) is 0 Å². The van der Waals surface area contributed by atoms with Gasteiger partial charge in [0.2, 0.25) is 0 Å². The predicted molar refractivity (Wildman–Crippen MR) is 590 cm³/mol. The highest BCUT2D eigenvalue weighted by molar-refractivity contribution is 6.27. The standard InChI is InChI=1S/C48H31NO.C44H27NO.C42H25NO/c1-3-12-32(13-4-1)37-26-38(33-14-5-2-6-15-33)28-39(27-37)34-16-11-17-40(29-34)49-45-20-9-7-18-41(45)43-30-35(22-24-46(43)49)36-23-25-48-44(31-36)42-19-8-10-21-47(42)50-48;1-2-10-33-31(9-1)25-40(35-12-4-3-11-34(33)35)28-17-21-32(22-18-28)45-41-15-7-5-13-36(41)37-23-19-29(26-42(37)45)30-20-24-39-38-14-6-8-16-43(38)46-44(39)27-30;1-2-12-31-29(10-1)30-11-3-4-13-32(30)36-25-27(21-22-33(31)36)43-38-17-7-5-15-35(38)42-28(16-9-18-39(42)43)26-20-23-41-37(24-26)34-14-6-8-19-40(34)44-41/h1-31H;1-27H;1-25H. The Bertz CT molecular complexity index is 10200. The molecule has 0 aliphatic rings. The highest BCUT2D eigenvalue weighted by atomic mass is 16.3. The fourth-order valence-electron chi connectivity index (χ4n) is 22.4. The highest BCUT2D eigenvalue weighted by Gasteiger charge is 2.24. The Kier molecular flexibility index (Phi) is 18.6. The summed E-state index contributed by atoms with van der Waals surface area (Å²) in [4.78, 5) is 0. The number of rotatable bonds is 10. The molecular formula is C134H83N3O3. The molecule has 24 aromatic carbocycles. The molecule has 0 fully saturated rings. The molecule has 140 heavy (non-hydrogen) atoms. The zero-order valence-corrected chi connectivity index (χ0v) is 76.0. The molecule has 6 heteroatoms. The van der Waals surface area contributed by atoms with E-state index in [-0.39, 0.29) is 0 Å². The lowest BCUT2D eigenvalue weighted by Gasteiger charge is -2.14. The van der Waals surface area contributed by atoms with Gasteiger partial charge in [0.15, 0.2) is 0 Å². The van der Waals surface area contributed by atoms with Crippen LogP contribution in [0.5, 0.6) is 0 Å². The summed E-state index contributed by atoms with van der Waals surface area (Å²) in [5.41, 5.74) is 32.9. The summed E-state index contributed by atoms with van der Waals surface area (Å²) in [7, 11) is 0. The van der Waals surface area contributed by atoms with Crippen molar-refractivity contribution in [2.75, 3.05) is 0 Å². The number of nitrogens with zero attached hydrogens (tertiary/aromatic N) is 3. The Hall–Kier alpha value is -18.6. The van der Waals surface area contributed by atoms with Crippen molar-refractivity contribution in [3.8, 4) is 95.0 Å². The molecule has 0 bridgehead atoms. The molecule has 0 aliphatic carbocycles. The van der Waals surface area contributed by atoms with Crippen molar-refractivity contribution in [2.24, 2.45) is 0 Å². The number of furan rings is 3. The summed E-state index contributed by atoms with van der Waals surface area (Å²) >= 11 is 0. The van der Waals surface area contributed by atoms with E-state index in [1.807, 2.05) is 36.4 Å². The lowest BCUT2D eigenvalue weighted by atomic mass is 9.93. The minimum atomic E-state index is 0.913. The van der Waals surface area contributed by atoms with E-state index in [4.69, 9.17) is 13.3 Å². The zero-order valence-electron chi connectivity index (χ0n) is 76.0. The Morgan fingerprint density at radius 1 is 0.121 bits per heavy atom. The van der Waals surface area contributed by atoms with E-state index in [9.17, 15) is 0 Å². The van der Waals surface area contributed by atoms with Crippen molar-refractivity contribution in [3.05, 3.63) is 504 Å². The van der Waals surface area contributed by atoms with Crippen LogP contribution in [0.3, 0.4) is 0 Å². The molecule has 0 saturated carbocycles. The van der Waals surface area contributed by atoms with Crippen molar-refractivity contribution in [1.29, 1.82) is 0 Å². The topological polar surface area (TPSA) is 54.2 Å². The molecule has 30 aromatic rings. The van der Waals surface area contributed by atoms with E-state index in [0.29, 0.717) is 0 Å². The first-order valence-electron chi connectivity index (χ1n) is 48.0. The van der Waals surface area contributed by atoms with Gasteiger partial charge in [-0.15, -0.1) is 0 Å². The largest absolute Gasteiger partial charge is 0.456 e. The maximum absolute atomic E-state index is 6.24. The third kappa shape index (κ3) is 13.2. The molecule has 6 heterocycles. The van der Waals surface area contributed by atoms with E-state index in [2.05, 4.69) is 481 Å². The molecule has 652 valence electrons. The van der Waals surface area contributed by atoms with Gasteiger partial charge in [-0.2, -0.15) is 0 Å². The summed E-state index contributed by atoms with van der Waals surface area (Å²) in [6.45, 7) is 0. The normalized spacial score (nSPS) is 11.9. The maximum Gasteiger partial charge on any atom is 0.136 e. The Balaban J connectivity index is 0.000000103. The molecule has 0 saturated heterocycles. The number of benzene rings is 24. The number of hydrogen-bond acceptors (Lipinski definition) is 3. The first-order valence-corrected chi connectivity index (χ1v) is 48.0. The minimum Gasteiger partial charge on any atom is -0.456 e. The fourth-order valence-corrected chi connectivity index (χ4v) is 22.4. The molecule has 0 atom stereocenters. The average molecular weight is 1780 g/mol. The van der Waals surface area contributed by atoms with Crippen LogP contribution in [0, 0.1) is 0 Å². The van der Waals surface area contributed by atoms with E-state index in [1.165, 1.54) is 186 Å². The van der Waals surface area contributed by atoms with Crippen molar-refractivity contribution < 1.29 is 13.3 Å². The predicted octanol–water partition coefficient (Wildman–Crippen LogP) is 37.5. The monoisotopic (exact) mass is 1780 g/mol. The Labute approximate surface area is 804 Å². The molecule has 6 nitrogen and oxygen atoms in total. The summed E-state index contributed by atoms with van der Waals surface area (Å²) in [6, 6.07) is 182. The van der Waals surface area contributed by atoms with Gasteiger partial charge >= 0.3 is 0 Å². The molecule has 0 amide bonds. The number of para-hydroxylation sites is 6. The summed E-state index contributed by atoms with van der Waals surface area (Å²) < 4.78 is 25.7. The van der Waals surface area contributed by atoms with Crippen molar-refractivity contribution in [1.82, 2.24) is 13.7 Å². The van der Waals surface area contributed by atoms with E-state index in [1.54, 1.807) is 0 Å². The van der Waals surface area contributed by atoms with Crippen LogP contribution in [-0.4, -0.2) is 13.7 Å². The van der Waals surface area contributed by atoms with E-state index in [0.717, 1.165) is 94.0 Å². The summed E-state index contributed by atoms with van der Waals surface area (Å²) in [6.07, 6.45) is 0. The molecule has 0 radical (unpaired) electrons. The molecule has 0 aliphatic heterocycles. The smallest absolute Gasteiger partial charge is 0.136 e. The van der Waals surface area contributed by atoms with Crippen LogP contribution in [0.25, 0.3) is 280 Å². The average Bonchev–Trinajstić information content (AvgIpc) is 1.53. The van der Waals surface area contributed by atoms with Gasteiger partial charge < -0.3 is 27.0 Å². The van der Waals surface area contributed by atoms with Crippen molar-refractivity contribution in [2.45, 2.75) is 0 Å².